The van der Waals surface area contributed by atoms with E-state index in [9.17, 15) is 4.79 Å². The van der Waals surface area contributed by atoms with E-state index in [4.69, 9.17) is 4.42 Å². The molecule has 2 aromatic rings. The summed E-state index contributed by atoms with van der Waals surface area (Å²) in [6, 6.07) is 5.49. The van der Waals surface area contributed by atoms with E-state index in [0.29, 0.717) is 13.0 Å². The first kappa shape index (κ1) is 11.9. The molecule has 4 nitrogen and oxygen atoms in total. The minimum absolute atomic E-state index is 0.0544. The summed E-state index contributed by atoms with van der Waals surface area (Å²) in [6.07, 6.45) is 5.26. The summed E-state index contributed by atoms with van der Waals surface area (Å²) in [7, 11) is 0. The Hall–Kier alpha value is -1.62. The summed E-state index contributed by atoms with van der Waals surface area (Å²) >= 11 is 3.31. The molecule has 1 N–H and O–H groups in total. The average Bonchev–Trinajstić information content (AvgIpc) is 2.79. The smallest absolute Gasteiger partial charge is 0.224 e. The molecule has 0 unspecified atom stereocenters. The van der Waals surface area contributed by atoms with E-state index in [1.165, 1.54) is 0 Å². The van der Waals surface area contributed by atoms with Gasteiger partial charge in [-0.15, -0.1) is 0 Å². The van der Waals surface area contributed by atoms with Crippen LogP contribution in [0.1, 0.15) is 11.3 Å². The topological polar surface area (TPSA) is 55.1 Å². The van der Waals surface area contributed by atoms with Crippen molar-refractivity contribution in [2.24, 2.45) is 0 Å². The van der Waals surface area contributed by atoms with Crippen molar-refractivity contribution < 1.29 is 9.21 Å². The van der Waals surface area contributed by atoms with Crippen LogP contribution in [0.4, 0.5) is 0 Å². The van der Waals surface area contributed by atoms with Crippen LogP contribution < -0.4 is 5.32 Å². The van der Waals surface area contributed by atoms with Crippen molar-refractivity contribution in [2.75, 3.05) is 0 Å². The second kappa shape index (κ2) is 5.63. The maximum absolute atomic E-state index is 11.6. The largest absolute Gasteiger partial charge is 0.467 e. The zero-order chi connectivity index (χ0) is 12.1. The third kappa shape index (κ3) is 3.71. The van der Waals surface area contributed by atoms with Crippen LogP contribution >= 0.6 is 15.9 Å². The van der Waals surface area contributed by atoms with Crippen LogP contribution in [0.5, 0.6) is 0 Å². The van der Waals surface area contributed by atoms with Gasteiger partial charge in [-0.2, -0.15) is 0 Å². The Labute approximate surface area is 107 Å². The van der Waals surface area contributed by atoms with Gasteiger partial charge in [0.25, 0.3) is 0 Å². The number of carbonyl (C=O) groups is 1. The van der Waals surface area contributed by atoms with Crippen molar-refractivity contribution in [1.82, 2.24) is 10.3 Å². The number of carbonyl (C=O) groups excluding carboxylic acids is 1. The second-order valence-electron chi connectivity index (χ2n) is 3.54. The number of amides is 1. The molecule has 1 amide bonds. The molecule has 0 radical (unpaired) electrons. The van der Waals surface area contributed by atoms with Crippen LogP contribution in [0.25, 0.3) is 0 Å². The molecule has 0 saturated carbocycles. The van der Waals surface area contributed by atoms with Crippen molar-refractivity contribution in [3.8, 4) is 0 Å². The van der Waals surface area contributed by atoms with Crippen molar-refractivity contribution in [1.29, 1.82) is 0 Å². The maximum Gasteiger partial charge on any atom is 0.224 e. The quantitative estimate of drug-likeness (QED) is 0.941. The predicted molar refractivity (Wildman–Crippen MR) is 66.2 cm³/mol. The van der Waals surface area contributed by atoms with E-state index in [-0.39, 0.29) is 5.91 Å². The Kier molecular flexibility index (Phi) is 3.93. The summed E-state index contributed by atoms with van der Waals surface area (Å²) in [4.78, 5) is 15.6. The van der Waals surface area contributed by atoms with Gasteiger partial charge in [-0.25, -0.2) is 0 Å². The van der Waals surface area contributed by atoms with E-state index >= 15 is 0 Å². The molecule has 0 atom stereocenters. The number of aromatic nitrogens is 1. The van der Waals surface area contributed by atoms with Crippen LogP contribution in [0.15, 0.2) is 45.7 Å². The second-order valence-corrected chi connectivity index (χ2v) is 4.46. The van der Waals surface area contributed by atoms with Gasteiger partial charge in [0.2, 0.25) is 5.91 Å². The van der Waals surface area contributed by atoms with Crippen molar-refractivity contribution in [3.63, 3.8) is 0 Å². The Morgan fingerprint density at radius 1 is 1.47 bits per heavy atom. The van der Waals surface area contributed by atoms with Crippen LogP contribution in [0.2, 0.25) is 0 Å². The summed E-state index contributed by atoms with van der Waals surface area (Å²) in [6.45, 7) is 0.410. The molecular weight excluding hydrogens is 284 g/mol. The number of pyridine rings is 1. The van der Waals surface area contributed by atoms with Gasteiger partial charge in [-0.3, -0.25) is 9.78 Å². The Bertz CT molecular complexity index is 497. The number of nitrogens with zero attached hydrogens (tertiary/aromatic N) is 1. The van der Waals surface area contributed by atoms with Gasteiger partial charge in [0, 0.05) is 16.9 Å². The summed E-state index contributed by atoms with van der Waals surface area (Å²) in [5.41, 5.74) is 0.872. The number of furan rings is 1. The highest BCUT2D eigenvalue weighted by atomic mass is 79.9. The monoisotopic (exact) mass is 294 g/mol. The number of halogens is 1. The molecule has 2 heterocycles. The fourth-order valence-corrected chi connectivity index (χ4v) is 1.81. The number of hydrogen-bond acceptors (Lipinski definition) is 3. The molecule has 0 aliphatic heterocycles. The summed E-state index contributed by atoms with van der Waals surface area (Å²) < 4.78 is 5.99. The summed E-state index contributed by atoms with van der Waals surface area (Å²) in [5.74, 6) is 0.687. The van der Waals surface area contributed by atoms with E-state index in [1.807, 2.05) is 12.1 Å². The molecule has 2 aromatic heterocycles. The van der Waals surface area contributed by atoms with E-state index in [0.717, 1.165) is 15.8 Å². The molecule has 0 aromatic carbocycles. The Morgan fingerprint density at radius 2 is 2.35 bits per heavy atom. The van der Waals surface area contributed by atoms with Gasteiger partial charge < -0.3 is 9.73 Å². The fourth-order valence-electron chi connectivity index (χ4n) is 1.40. The molecule has 0 aliphatic carbocycles. The Balaban J connectivity index is 1.85. The first-order valence-corrected chi connectivity index (χ1v) is 5.92. The first-order chi connectivity index (χ1) is 8.24. The molecular formula is C12H11BrN2O2. The standard InChI is InChI=1S/C12H11BrN2O2/c13-10-4-9(6-14-7-10)5-12(16)15-8-11-2-1-3-17-11/h1-4,6-7H,5,8H2,(H,15,16). The molecule has 17 heavy (non-hydrogen) atoms. The van der Waals surface area contributed by atoms with E-state index in [1.54, 1.807) is 24.7 Å². The lowest BCUT2D eigenvalue weighted by Gasteiger charge is -2.03. The molecule has 0 spiro atoms. The van der Waals surface area contributed by atoms with Gasteiger partial charge in [0.05, 0.1) is 19.2 Å². The minimum Gasteiger partial charge on any atom is -0.467 e. The number of hydrogen-bond donors (Lipinski definition) is 1. The van der Waals surface area contributed by atoms with E-state index in [2.05, 4.69) is 26.2 Å². The highest BCUT2D eigenvalue weighted by molar-refractivity contribution is 9.10. The predicted octanol–water partition coefficient (Wildman–Crippen LogP) is 2.30. The lowest BCUT2D eigenvalue weighted by molar-refractivity contribution is -0.120. The summed E-state index contributed by atoms with van der Waals surface area (Å²) in [5, 5.41) is 2.78. The number of nitrogens with one attached hydrogen (secondary N) is 1. The first-order valence-electron chi connectivity index (χ1n) is 5.12. The van der Waals surface area contributed by atoms with Crippen LogP contribution in [-0.2, 0) is 17.8 Å². The number of rotatable bonds is 4. The molecule has 5 heteroatoms. The molecule has 0 aliphatic rings. The lowest BCUT2D eigenvalue weighted by Crippen LogP contribution is -2.24. The fraction of sp³-hybridized carbons (Fsp3) is 0.167. The normalized spacial score (nSPS) is 10.2. The molecule has 2 rings (SSSR count). The molecule has 0 bridgehead atoms. The van der Waals surface area contributed by atoms with Gasteiger partial charge in [-0.1, -0.05) is 0 Å². The van der Waals surface area contributed by atoms with Crippen LogP contribution in [-0.4, -0.2) is 10.9 Å². The third-order valence-electron chi connectivity index (χ3n) is 2.17. The molecule has 0 fully saturated rings. The van der Waals surface area contributed by atoms with Crippen LogP contribution in [0, 0.1) is 0 Å². The zero-order valence-corrected chi connectivity index (χ0v) is 10.6. The SMILES string of the molecule is O=C(Cc1cncc(Br)c1)NCc1ccco1. The molecule has 0 saturated heterocycles. The average molecular weight is 295 g/mol. The van der Waals surface area contributed by atoms with Gasteiger partial charge in [-0.05, 0) is 39.7 Å². The van der Waals surface area contributed by atoms with Gasteiger partial charge in [0.15, 0.2) is 0 Å². The van der Waals surface area contributed by atoms with Crippen molar-refractivity contribution in [3.05, 3.63) is 52.7 Å². The molecule has 88 valence electrons. The van der Waals surface area contributed by atoms with Gasteiger partial charge >= 0.3 is 0 Å². The third-order valence-corrected chi connectivity index (χ3v) is 2.60. The highest BCUT2D eigenvalue weighted by Gasteiger charge is 2.04. The lowest BCUT2D eigenvalue weighted by atomic mass is 10.2. The highest BCUT2D eigenvalue weighted by Crippen LogP contribution is 2.10. The van der Waals surface area contributed by atoms with Crippen LogP contribution in [0.3, 0.4) is 0 Å². The van der Waals surface area contributed by atoms with Gasteiger partial charge in [0.1, 0.15) is 5.76 Å². The Morgan fingerprint density at radius 3 is 3.06 bits per heavy atom. The zero-order valence-electron chi connectivity index (χ0n) is 9.02. The van der Waals surface area contributed by atoms with E-state index < -0.39 is 0 Å². The van der Waals surface area contributed by atoms with Crippen molar-refractivity contribution in [2.45, 2.75) is 13.0 Å². The minimum atomic E-state index is -0.0544. The maximum atomic E-state index is 11.6. The van der Waals surface area contributed by atoms with Crippen molar-refractivity contribution >= 4 is 21.8 Å².